The van der Waals surface area contributed by atoms with Gasteiger partial charge in [0.1, 0.15) is 6.04 Å². The number of rotatable bonds is 5. The minimum atomic E-state index is -3.81. The Labute approximate surface area is 96.6 Å². The second kappa shape index (κ2) is 5.11. The topological polar surface area (TPSA) is 95.5 Å². The molecule has 0 radical (unpaired) electrons. The summed E-state index contributed by atoms with van der Waals surface area (Å²) in [4.78, 5) is 10.8. The lowest BCUT2D eigenvalue weighted by Gasteiger charge is -2.24. The van der Waals surface area contributed by atoms with Crippen molar-refractivity contribution in [2.24, 2.45) is 5.92 Å². The Morgan fingerprint density at radius 3 is 1.94 bits per heavy atom. The van der Waals surface area contributed by atoms with Gasteiger partial charge >= 0.3 is 5.97 Å². The normalized spacial score (nSPS) is 15.1. The van der Waals surface area contributed by atoms with Crippen LogP contribution in [0.2, 0.25) is 0 Å². The standard InChI is InChI=1S/C9H20N2O4S/c1-6(2)7(8(12)13)10-16(14,15)11-9(3,4)5/h6-7,10-11H,1-5H3,(H,12,13). The van der Waals surface area contributed by atoms with E-state index in [4.69, 9.17) is 5.11 Å². The molecule has 7 heteroatoms. The van der Waals surface area contributed by atoms with Crippen LogP contribution in [0.5, 0.6) is 0 Å². The highest BCUT2D eigenvalue weighted by molar-refractivity contribution is 7.87. The van der Waals surface area contributed by atoms with Gasteiger partial charge in [-0.25, -0.2) is 0 Å². The fourth-order valence-electron chi connectivity index (χ4n) is 1.07. The van der Waals surface area contributed by atoms with E-state index in [1.165, 1.54) is 0 Å². The van der Waals surface area contributed by atoms with Crippen molar-refractivity contribution in [3.8, 4) is 0 Å². The Morgan fingerprint density at radius 2 is 1.69 bits per heavy atom. The SMILES string of the molecule is CC(C)C(NS(=O)(=O)NC(C)(C)C)C(=O)O. The summed E-state index contributed by atoms with van der Waals surface area (Å²) in [5, 5.41) is 8.85. The number of aliphatic carboxylic acids is 1. The molecule has 1 unspecified atom stereocenters. The van der Waals surface area contributed by atoms with Gasteiger partial charge in [0.15, 0.2) is 0 Å². The van der Waals surface area contributed by atoms with Gasteiger partial charge < -0.3 is 5.11 Å². The monoisotopic (exact) mass is 252 g/mol. The van der Waals surface area contributed by atoms with Crippen LogP contribution >= 0.6 is 0 Å². The van der Waals surface area contributed by atoms with Gasteiger partial charge in [-0.1, -0.05) is 13.8 Å². The third-order valence-corrected chi connectivity index (χ3v) is 3.10. The molecule has 0 amide bonds. The Hall–Kier alpha value is -0.660. The van der Waals surface area contributed by atoms with Crippen molar-refractivity contribution in [2.45, 2.75) is 46.2 Å². The molecular weight excluding hydrogens is 232 g/mol. The minimum Gasteiger partial charge on any atom is -0.480 e. The zero-order valence-corrected chi connectivity index (χ0v) is 11.1. The van der Waals surface area contributed by atoms with E-state index < -0.39 is 27.8 Å². The molecule has 0 heterocycles. The predicted octanol–water partition coefficient (Wildman–Crippen LogP) is 0.318. The number of nitrogens with one attached hydrogen (secondary N) is 2. The number of carboxylic acid groups (broad SMARTS) is 1. The van der Waals surface area contributed by atoms with E-state index in [1.807, 2.05) is 0 Å². The lowest BCUT2D eigenvalue weighted by atomic mass is 10.1. The third kappa shape index (κ3) is 6.04. The largest absolute Gasteiger partial charge is 0.480 e. The second-order valence-corrected chi connectivity index (χ2v) is 6.48. The minimum absolute atomic E-state index is 0.325. The maximum atomic E-state index is 11.6. The summed E-state index contributed by atoms with van der Waals surface area (Å²) in [6.07, 6.45) is 0. The number of carbonyl (C=O) groups is 1. The van der Waals surface area contributed by atoms with Crippen LogP contribution in [0.1, 0.15) is 34.6 Å². The van der Waals surface area contributed by atoms with Crippen LogP contribution in [0, 0.1) is 5.92 Å². The first-order valence-electron chi connectivity index (χ1n) is 4.98. The fraction of sp³-hybridized carbons (Fsp3) is 0.889. The smallest absolute Gasteiger partial charge is 0.322 e. The molecule has 0 aliphatic carbocycles. The molecule has 0 aromatic carbocycles. The average Bonchev–Trinajstić information content (AvgIpc) is 1.94. The molecule has 0 aliphatic rings. The van der Waals surface area contributed by atoms with Gasteiger partial charge in [-0.2, -0.15) is 17.9 Å². The molecule has 96 valence electrons. The zero-order valence-electron chi connectivity index (χ0n) is 10.2. The first kappa shape index (κ1) is 15.3. The summed E-state index contributed by atoms with van der Waals surface area (Å²) in [5.74, 6) is -1.51. The molecule has 0 fully saturated rings. The van der Waals surface area contributed by atoms with Gasteiger partial charge in [-0.3, -0.25) is 4.79 Å². The number of carboxylic acids is 1. The summed E-state index contributed by atoms with van der Waals surface area (Å²) in [7, 11) is -3.81. The average molecular weight is 252 g/mol. The molecule has 1 atom stereocenters. The Kier molecular flexibility index (Phi) is 4.90. The molecule has 0 aromatic rings. The van der Waals surface area contributed by atoms with E-state index >= 15 is 0 Å². The highest BCUT2D eigenvalue weighted by atomic mass is 32.2. The number of hydrogen-bond donors (Lipinski definition) is 3. The molecule has 0 aromatic heterocycles. The summed E-state index contributed by atoms with van der Waals surface area (Å²) in [6.45, 7) is 8.31. The lowest BCUT2D eigenvalue weighted by molar-refractivity contribution is -0.140. The first-order chi connectivity index (χ1) is 6.94. The molecule has 0 saturated heterocycles. The van der Waals surface area contributed by atoms with Crippen LogP contribution in [-0.2, 0) is 15.0 Å². The molecule has 0 bridgehead atoms. The van der Waals surface area contributed by atoms with Crippen molar-refractivity contribution < 1.29 is 18.3 Å². The summed E-state index contributed by atoms with van der Waals surface area (Å²) in [5.41, 5.74) is -0.647. The zero-order chi connectivity index (χ0) is 13.1. The number of hydrogen-bond acceptors (Lipinski definition) is 3. The van der Waals surface area contributed by atoms with Crippen molar-refractivity contribution in [2.75, 3.05) is 0 Å². The van der Waals surface area contributed by atoms with Crippen molar-refractivity contribution in [1.82, 2.24) is 9.44 Å². The van der Waals surface area contributed by atoms with E-state index in [-0.39, 0.29) is 5.92 Å². The summed E-state index contributed by atoms with van der Waals surface area (Å²) in [6, 6.07) is -1.13. The maximum Gasteiger partial charge on any atom is 0.322 e. The third-order valence-electron chi connectivity index (χ3n) is 1.66. The molecule has 16 heavy (non-hydrogen) atoms. The van der Waals surface area contributed by atoms with Crippen LogP contribution in [0.15, 0.2) is 0 Å². The highest BCUT2D eigenvalue weighted by Crippen LogP contribution is 2.05. The molecule has 0 aliphatic heterocycles. The summed E-state index contributed by atoms with van der Waals surface area (Å²) < 4.78 is 27.6. The van der Waals surface area contributed by atoms with Crippen LogP contribution < -0.4 is 9.44 Å². The van der Waals surface area contributed by atoms with Gasteiger partial charge in [0.25, 0.3) is 10.2 Å². The first-order valence-corrected chi connectivity index (χ1v) is 6.47. The maximum absolute atomic E-state index is 11.6. The molecular formula is C9H20N2O4S. The molecule has 0 spiro atoms. The van der Waals surface area contributed by atoms with Gasteiger partial charge in [-0.05, 0) is 26.7 Å². The van der Waals surface area contributed by atoms with Crippen molar-refractivity contribution in [1.29, 1.82) is 0 Å². The quantitative estimate of drug-likeness (QED) is 0.656. The van der Waals surface area contributed by atoms with E-state index in [9.17, 15) is 13.2 Å². The van der Waals surface area contributed by atoms with Crippen LogP contribution in [-0.4, -0.2) is 31.1 Å². The summed E-state index contributed by atoms with van der Waals surface area (Å²) >= 11 is 0. The Bertz CT molecular complexity index is 343. The predicted molar refractivity (Wildman–Crippen MR) is 61.2 cm³/mol. The molecule has 0 saturated carbocycles. The van der Waals surface area contributed by atoms with Gasteiger partial charge in [-0.15, -0.1) is 0 Å². The molecule has 3 N–H and O–H groups in total. The molecule has 6 nitrogen and oxygen atoms in total. The fourth-order valence-corrected chi connectivity index (χ4v) is 2.64. The van der Waals surface area contributed by atoms with E-state index in [0.717, 1.165) is 0 Å². The van der Waals surface area contributed by atoms with Crippen molar-refractivity contribution in [3.05, 3.63) is 0 Å². The van der Waals surface area contributed by atoms with Crippen molar-refractivity contribution >= 4 is 16.2 Å². The van der Waals surface area contributed by atoms with Gasteiger partial charge in [0.05, 0.1) is 0 Å². The van der Waals surface area contributed by atoms with Gasteiger partial charge in [0, 0.05) is 5.54 Å². The van der Waals surface area contributed by atoms with Crippen LogP contribution in [0.4, 0.5) is 0 Å². The van der Waals surface area contributed by atoms with Crippen LogP contribution in [0.25, 0.3) is 0 Å². The highest BCUT2D eigenvalue weighted by Gasteiger charge is 2.29. The van der Waals surface area contributed by atoms with Crippen molar-refractivity contribution in [3.63, 3.8) is 0 Å². The molecule has 0 rings (SSSR count). The Balaban J connectivity index is 4.75. The van der Waals surface area contributed by atoms with Gasteiger partial charge in [0.2, 0.25) is 0 Å². The van der Waals surface area contributed by atoms with Crippen LogP contribution in [0.3, 0.4) is 0 Å². The lowest BCUT2D eigenvalue weighted by Crippen LogP contribution is -2.53. The second-order valence-electron chi connectivity index (χ2n) is 5.03. The van der Waals surface area contributed by atoms with E-state index in [2.05, 4.69) is 9.44 Å². The van der Waals surface area contributed by atoms with E-state index in [1.54, 1.807) is 34.6 Å². The Morgan fingerprint density at radius 1 is 1.25 bits per heavy atom. The van der Waals surface area contributed by atoms with E-state index in [0.29, 0.717) is 0 Å².